The molecule has 1 saturated heterocycles. The number of nitrogens with zero attached hydrogens (tertiary/aromatic N) is 2. The quantitative estimate of drug-likeness (QED) is 0.385. The third-order valence-electron chi connectivity index (χ3n) is 4.80. The van der Waals surface area contributed by atoms with Crippen molar-refractivity contribution < 1.29 is 34.4 Å². The Bertz CT molecular complexity index is 1020. The lowest BCUT2D eigenvalue weighted by atomic mass is 9.98. The van der Waals surface area contributed by atoms with E-state index in [0.29, 0.717) is 5.56 Å². The van der Waals surface area contributed by atoms with Gasteiger partial charge in [0.2, 0.25) is 5.89 Å². The van der Waals surface area contributed by atoms with Gasteiger partial charge in [0.05, 0.1) is 6.61 Å². The van der Waals surface area contributed by atoms with Crippen LogP contribution < -0.4 is 5.32 Å². The minimum absolute atomic E-state index is 0.140. The molecule has 3 aromatic rings. The van der Waals surface area contributed by atoms with Gasteiger partial charge >= 0.3 is 11.8 Å². The van der Waals surface area contributed by atoms with E-state index in [1.165, 1.54) is 0 Å². The summed E-state index contributed by atoms with van der Waals surface area (Å²) in [4.78, 5) is 12.4. The summed E-state index contributed by atoms with van der Waals surface area (Å²) in [6, 6.07) is 13.1. The van der Waals surface area contributed by atoms with Gasteiger partial charge in [-0.15, -0.1) is 10.2 Å². The summed E-state index contributed by atoms with van der Waals surface area (Å²) in [5.74, 6) is -1.07. The summed E-state index contributed by atoms with van der Waals surface area (Å²) in [6.07, 6.45) is -7.28. The van der Waals surface area contributed by atoms with Crippen LogP contribution >= 0.6 is 0 Å². The van der Waals surface area contributed by atoms with Crippen LogP contribution in [0.25, 0.3) is 22.2 Å². The summed E-state index contributed by atoms with van der Waals surface area (Å²) in [7, 11) is 0. The van der Waals surface area contributed by atoms with Gasteiger partial charge < -0.3 is 34.9 Å². The summed E-state index contributed by atoms with van der Waals surface area (Å²) < 4.78 is 10.7. The Morgan fingerprint density at radius 2 is 1.76 bits per heavy atom. The van der Waals surface area contributed by atoms with Crippen LogP contribution in [0, 0.1) is 0 Å². The molecule has 5 N–H and O–H groups in total. The van der Waals surface area contributed by atoms with E-state index in [2.05, 4.69) is 15.5 Å². The number of carbonyl (C=O) groups is 1. The van der Waals surface area contributed by atoms with E-state index in [-0.39, 0.29) is 11.8 Å². The molecule has 4 rings (SSSR count). The second kappa shape index (κ2) is 7.85. The summed E-state index contributed by atoms with van der Waals surface area (Å²) >= 11 is 0. The molecule has 5 atom stereocenters. The van der Waals surface area contributed by atoms with Crippen molar-refractivity contribution in [2.45, 2.75) is 30.6 Å². The number of nitrogens with one attached hydrogen (secondary N) is 1. The maximum absolute atomic E-state index is 12.4. The number of aliphatic hydroxyl groups excluding tert-OH is 4. The largest absolute Gasteiger partial charge is 0.412 e. The maximum Gasteiger partial charge on any atom is 0.310 e. The van der Waals surface area contributed by atoms with E-state index in [0.717, 1.165) is 10.8 Å². The van der Waals surface area contributed by atoms with Gasteiger partial charge in [-0.2, -0.15) is 0 Å². The van der Waals surface area contributed by atoms with Gasteiger partial charge in [0, 0.05) is 5.56 Å². The SMILES string of the molecule is O=C(N[C@@H]1O[C@H](CO)[C@@H](O)[C@H](O)[C@H]1O)c1nnc(-c2cccc3ccccc23)o1. The van der Waals surface area contributed by atoms with Crippen molar-refractivity contribution in [3.8, 4) is 11.5 Å². The fourth-order valence-corrected chi connectivity index (χ4v) is 3.25. The number of benzene rings is 2. The number of carbonyl (C=O) groups excluding carboxylic acids is 1. The predicted octanol–water partition coefficient (Wildman–Crippen LogP) is -0.580. The number of amides is 1. The van der Waals surface area contributed by atoms with Crippen LogP contribution in [0.2, 0.25) is 0 Å². The minimum atomic E-state index is -1.61. The van der Waals surface area contributed by atoms with Gasteiger partial charge in [-0.25, -0.2) is 0 Å². The Kier molecular flexibility index (Phi) is 5.26. The van der Waals surface area contributed by atoms with Gasteiger partial charge in [0.15, 0.2) is 6.23 Å². The standard InChI is InChI=1S/C19H19N3O7/c23-8-12-13(24)14(25)15(26)18(28-12)20-16(27)19-22-21-17(29-19)11-7-3-5-9-4-1-2-6-10(9)11/h1-7,12-15,18,23-26H,8H2,(H,20,27)/t12-,13-,14+,15-,18-/m1/s1. The summed E-state index contributed by atoms with van der Waals surface area (Å²) in [6.45, 7) is -0.608. The van der Waals surface area contributed by atoms with Gasteiger partial charge in [0.25, 0.3) is 0 Å². The van der Waals surface area contributed by atoms with E-state index >= 15 is 0 Å². The van der Waals surface area contributed by atoms with Crippen LogP contribution in [-0.4, -0.2) is 73.8 Å². The zero-order valence-corrected chi connectivity index (χ0v) is 15.0. The average Bonchev–Trinajstić information content (AvgIpc) is 3.24. The molecule has 0 saturated carbocycles. The molecule has 0 radical (unpaired) electrons. The zero-order valence-electron chi connectivity index (χ0n) is 15.0. The molecule has 1 aliphatic rings. The average molecular weight is 401 g/mol. The number of hydrogen-bond acceptors (Lipinski definition) is 9. The zero-order chi connectivity index (χ0) is 20.5. The number of aromatic nitrogens is 2. The predicted molar refractivity (Wildman–Crippen MR) is 98.5 cm³/mol. The Hall–Kier alpha value is -2.89. The molecule has 2 heterocycles. The number of fused-ring (bicyclic) bond motifs is 1. The molecule has 0 unspecified atom stereocenters. The second-order valence-corrected chi connectivity index (χ2v) is 6.66. The number of aliphatic hydroxyl groups is 4. The van der Waals surface area contributed by atoms with Gasteiger partial charge in [-0.3, -0.25) is 4.79 Å². The Morgan fingerprint density at radius 3 is 2.55 bits per heavy atom. The van der Waals surface area contributed by atoms with Crippen LogP contribution in [0.15, 0.2) is 46.9 Å². The Morgan fingerprint density at radius 1 is 1.00 bits per heavy atom. The van der Waals surface area contributed by atoms with E-state index in [9.17, 15) is 25.2 Å². The lowest BCUT2D eigenvalue weighted by Gasteiger charge is -2.39. The molecule has 2 aromatic carbocycles. The first kappa shape index (κ1) is 19.4. The number of rotatable bonds is 4. The second-order valence-electron chi connectivity index (χ2n) is 6.66. The topological polar surface area (TPSA) is 158 Å². The van der Waals surface area contributed by atoms with Gasteiger partial charge in [-0.1, -0.05) is 36.4 Å². The third kappa shape index (κ3) is 3.59. The van der Waals surface area contributed by atoms with E-state index in [1.54, 1.807) is 6.07 Å². The molecule has 10 heteroatoms. The van der Waals surface area contributed by atoms with Crippen molar-refractivity contribution in [1.29, 1.82) is 0 Å². The molecule has 10 nitrogen and oxygen atoms in total. The van der Waals surface area contributed by atoms with Gasteiger partial charge in [0.1, 0.15) is 24.4 Å². The molecule has 0 spiro atoms. The molecular weight excluding hydrogens is 382 g/mol. The lowest BCUT2D eigenvalue weighted by molar-refractivity contribution is -0.233. The molecule has 0 bridgehead atoms. The highest BCUT2D eigenvalue weighted by molar-refractivity contribution is 5.95. The highest BCUT2D eigenvalue weighted by atomic mass is 16.6. The van der Waals surface area contributed by atoms with Gasteiger partial charge in [-0.05, 0) is 16.8 Å². The highest BCUT2D eigenvalue weighted by Crippen LogP contribution is 2.27. The highest BCUT2D eigenvalue weighted by Gasteiger charge is 2.44. The molecule has 152 valence electrons. The minimum Gasteiger partial charge on any atom is -0.412 e. The van der Waals surface area contributed by atoms with Crippen LogP contribution in [0.4, 0.5) is 0 Å². The monoisotopic (exact) mass is 401 g/mol. The molecule has 1 amide bonds. The van der Waals surface area contributed by atoms with Crippen molar-refractivity contribution in [3.63, 3.8) is 0 Å². The fraction of sp³-hybridized carbons (Fsp3) is 0.316. The Labute approximate surface area is 164 Å². The van der Waals surface area contributed by atoms with E-state index in [1.807, 2.05) is 36.4 Å². The van der Waals surface area contributed by atoms with E-state index in [4.69, 9.17) is 9.15 Å². The van der Waals surface area contributed by atoms with Crippen molar-refractivity contribution >= 4 is 16.7 Å². The molecule has 0 aliphatic carbocycles. The maximum atomic E-state index is 12.4. The molecule has 1 fully saturated rings. The molecule has 1 aliphatic heterocycles. The van der Waals surface area contributed by atoms with Crippen molar-refractivity contribution in [2.24, 2.45) is 0 Å². The Balaban J connectivity index is 1.54. The molecular formula is C19H19N3O7. The van der Waals surface area contributed by atoms with Crippen molar-refractivity contribution in [2.75, 3.05) is 6.61 Å². The van der Waals surface area contributed by atoms with Crippen LogP contribution in [0.3, 0.4) is 0 Å². The first-order valence-electron chi connectivity index (χ1n) is 8.92. The smallest absolute Gasteiger partial charge is 0.310 e. The fourth-order valence-electron chi connectivity index (χ4n) is 3.25. The van der Waals surface area contributed by atoms with Crippen molar-refractivity contribution in [3.05, 3.63) is 48.4 Å². The van der Waals surface area contributed by atoms with E-state index < -0.39 is 43.2 Å². The van der Waals surface area contributed by atoms with Crippen LogP contribution in [0.5, 0.6) is 0 Å². The molecule has 1 aromatic heterocycles. The van der Waals surface area contributed by atoms with Crippen LogP contribution in [0.1, 0.15) is 10.7 Å². The third-order valence-corrected chi connectivity index (χ3v) is 4.80. The first-order valence-corrected chi connectivity index (χ1v) is 8.92. The normalized spacial score (nSPS) is 27.1. The molecule has 29 heavy (non-hydrogen) atoms. The number of ether oxygens (including phenoxy) is 1. The summed E-state index contributed by atoms with van der Waals surface area (Å²) in [5.41, 5.74) is 0.655. The van der Waals surface area contributed by atoms with Crippen LogP contribution in [-0.2, 0) is 4.74 Å². The lowest BCUT2D eigenvalue weighted by Crippen LogP contribution is -2.63. The van der Waals surface area contributed by atoms with Crippen molar-refractivity contribution in [1.82, 2.24) is 15.5 Å². The summed E-state index contributed by atoms with van der Waals surface area (Å²) in [5, 5.41) is 50.7. The first-order chi connectivity index (χ1) is 14.0. The number of hydrogen-bond donors (Lipinski definition) is 5.